The third-order valence-electron chi connectivity index (χ3n) is 7.48. The quantitative estimate of drug-likeness (QED) is 0.213. The number of rotatable bonds is 6. The number of aromatic nitrogens is 1. The van der Waals surface area contributed by atoms with Crippen molar-refractivity contribution in [1.82, 2.24) is 4.57 Å². The van der Waals surface area contributed by atoms with Gasteiger partial charge in [0.25, 0.3) is 0 Å². The van der Waals surface area contributed by atoms with E-state index in [2.05, 4.69) is 113 Å². The normalized spacial score (nSPS) is 11.2. The Morgan fingerprint density at radius 3 is 1.75 bits per heavy atom. The van der Waals surface area contributed by atoms with E-state index in [0.29, 0.717) is 0 Å². The van der Waals surface area contributed by atoms with Crippen molar-refractivity contribution in [3.63, 3.8) is 0 Å². The summed E-state index contributed by atoms with van der Waals surface area (Å²) in [7, 11) is 0. The minimum atomic E-state index is 0.766. The fourth-order valence-corrected chi connectivity index (χ4v) is 5.75. The van der Waals surface area contributed by atoms with E-state index in [-0.39, 0.29) is 0 Å². The number of hydrogen-bond donors (Lipinski definition) is 2. The Kier molecular flexibility index (Phi) is 5.72. The van der Waals surface area contributed by atoms with Gasteiger partial charge in [-0.3, -0.25) is 0 Å². The summed E-state index contributed by atoms with van der Waals surface area (Å²) in [5.41, 5.74) is 7.90. The molecule has 190 valence electrons. The number of para-hydroxylation sites is 2. The van der Waals surface area contributed by atoms with Crippen molar-refractivity contribution in [2.45, 2.75) is 0 Å². The Balaban J connectivity index is 1.58. The maximum Gasteiger partial charge on any atom is 0.0547 e. The van der Waals surface area contributed by atoms with Crippen molar-refractivity contribution in [3.8, 4) is 5.69 Å². The molecule has 0 spiro atoms. The van der Waals surface area contributed by atoms with Gasteiger partial charge in [0.2, 0.25) is 0 Å². The van der Waals surface area contributed by atoms with Gasteiger partial charge in [0.05, 0.1) is 11.0 Å². The molecule has 7 rings (SSSR count). The average Bonchev–Trinajstić information content (AvgIpc) is 3.36. The van der Waals surface area contributed by atoms with Gasteiger partial charge in [0.15, 0.2) is 0 Å². The topological polar surface area (TPSA) is 55.9 Å². The molecule has 0 fully saturated rings. The highest BCUT2D eigenvalue weighted by atomic mass is 15.1. The summed E-state index contributed by atoms with van der Waals surface area (Å²) in [5.74, 6) is 0. The maximum absolute atomic E-state index is 7.90. The second kappa shape index (κ2) is 9.68. The number of nitrogens with one attached hydrogen (secondary N) is 2. The van der Waals surface area contributed by atoms with Crippen LogP contribution in [0.3, 0.4) is 0 Å². The molecule has 4 heteroatoms. The lowest BCUT2D eigenvalue weighted by molar-refractivity contribution is 1.18. The minimum absolute atomic E-state index is 0.766. The molecule has 0 saturated carbocycles. The maximum atomic E-state index is 7.90. The third kappa shape index (κ3) is 3.86. The Labute approximate surface area is 232 Å². The molecule has 0 radical (unpaired) electrons. The molecule has 0 aliphatic carbocycles. The van der Waals surface area contributed by atoms with Gasteiger partial charge in [0, 0.05) is 46.0 Å². The van der Waals surface area contributed by atoms with Crippen LogP contribution >= 0.6 is 0 Å². The lowest BCUT2D eigenvalue weighted by Gasteiger charge is -2.25. The smallest absolute Gasteiger partial charge is 0.0547 e. The fraction of sp³-hybridized carbons (Fsp3) is 0. The van der Waals surface area contributed by atoms with Crippen LogP contribution < -0.4 is 4.90 Å². The SMILES string of the molecule is N=Cc1cc(C=N)cc(-n2c3ccc(N(c4ccccc4)c4ccccc4)cc3c3c4ccccc4ccc32)c1. The Morgan fingerprint density at radius 1 is 0.500 bits per heavy atom. The van der Waals surface area contributed by atoms with Crippen LogP contribution in [0.25, 0.3) is 38.3 Å². The van der Waals surface area contributed by atoms with Crippen LogP contribution in [0.15, 0.2) is 133 Å². The van der Waals surface area contributed by atoms with Crippen molar-refractivity contribution in [2.24, 2.45) is 0 Å². The van der Waals surface area contributed by atoms with Crippen LogP contribution in [0, 0.1) is 10.8 Å². The van der Waals surface area contributed by atoms with Gasteiger partial charge >= 0.3 is 0 Å². The molecule has 0 aliphatic rings. The predicted octanol–water partition coefficient (Wildman–Crippen LogP) is 9.40. The number of benzene rings is 6. The second-order valence-electron chi connectivity index (χ2n) is 9.87. The van der Waals surface area contributed by atoms with Crippen LogP contribution in [0.1, 0.15) is 11.1 Å². The number of hydrogen-bond acceptors (Lipinski definition) is 3. The van der Waals surface area contributed by atoms with Gasteiger partial charge < -0.3 is 20.3 Å². The Hall–Kier alpha value is -5.48. The summed E-state index contributed by atoms with van der Waals surface area (Å²) >= 11 is 0. The molecule has 0 atom stereocenters. The van der Waals surface area contributed by atoms with Gasteiger partial charge in [-0.25, -0.2) is 0 Å². The predicted molar refractivity (Wildman–Crippen MR) is 169 cm³/mol. The number of fused-ring (bicyclic) bond motifs is 5. The van der Waals surface area contributed by atoms with Crippen LogP contribution in [0.4, 0.5) is 17.1 Å². The van der Waals surface area contributed by atoms with Crippen LogP contribution in [-0.2, 0) is 0 Å². The fourth-order valence-electron chi connectivity index (χ4n) is 5.75. The summed E-state index contributed by atoms with van der Waals surface area (Å²) in [6.07, 6.45) is 2.69. The van der Waals surface area contributed by atoms with E-state index in [1.54, 1.807) is 0 Å². The van der Waals surface area contributed by atoms with Gasteiger partial charge in [-0.15, -0.1) is 0 Å². The molecule has 7 aromatic rings. The summed E-state index contributed by atoms with van der Waals surface area (Å²) in [5, 5.41) is 20.5. The lowest BCUT2D eigenvalue weighted by atomic mass is 10.0. The summed E-state index contributed by atoms with van der Waals surface area (Å²) in [6.45, 7) is 0. The summed E-state index contributed by atoms with van der Waals surface area (Å²) in [4.78, 5) is 2.29. The standard InChI is InChI=1S/C36H26N4/c37-23-25-19-26(24-38)21-31(20-25)40-34-18-16-30(39(28-10-3-1-4-11-28)29-12-5-2-6-13-29)22-33(34)36-32-14-8-7-9-27(32)15-17-35(36)40/h1-24,37-38H. The third-order valence-corrected chi connectivity index (χ3v) is 7.48. The van der Waals surface area contributed by atoms with Crippen molar-refractivity contribution >= 4 is 62.1 Å². The first-order chi connectivity index (χ1) is 19.7. The van der Waals surface area contributed by atoms with Crippen molar-refractivity contribution in [1.29, 1.82) is 10.8 Å². The zero-order valence-corrected chi connectivity index (χ0v) is 21.8. The van der Waals surface area contributed by atoms with Gasteiger partial charge in [-0.1, -0.05) is 66.7 Å². The van der Waals surface area contributed by atoms with Crippen molar-refractivity contribution in [2.75, 3.05) is 4.90 Å². The van der Waals surface area contributed by atoms with E-state index < -0.39 is 0 Å². The van der Waals surface area contributed by atoms with Crippen molar-refractivity contribution in [3.05, 3.63) is 145 Å². The first kappa shape index (κ1) is 23.6. The minimum Gasteiger partial charge on any atom is -0.310 e. The zero-order valence-electron chi connectivity index (χ0n) is 21.8. The number of anilines is 3. The molecule has 40 heavy (non-hydrogen) atoms. The van der Waals surface area contributed by atoms with E-state index in [0.717, 1.165) is 50.3 Å². The van der Waals surface area contributed by atoms with Crippen LogP contribution in [0.5, 0.6) is 0 Å². The zero-order chi connectivity index (χ0) is 27.1. The van der Waals surface area contributed by atoms with Gasteiger partial charge in [0.1, 0.15) is 0 Å². The first-order valence-electron chi connectivity index (χ1n) is 13.3. The van der Waals surface area contributed by atoms with Gasteiger partial charge in [-0.05, 0) is 88.6 Å². The van der Waals surface area contributed by atoms with E-state index in [1.807, 2.05) is 30.3 Å². The van der Waals surface area contributed by atoms with Crippen LogP contribution in [-0.4, -0.2) is 17.0 Å². The van der Waals surface area contributed by atoms with Gasteiger partial charge in [-0.2, -0.15) is 0 Å². The molecular weight excluding hydrogens is 488 g/mol. The highest BCUT2D eigenvalue weighted by Gasteiger charge is 2.19. The molecule has 0 unspecified atom stereocenters. The highest BCUT2D eigenvalue weighted by Crippen LogP contribution is 2.41. The molecule has 1 aromatic heterocycles. The summed E-state index contributed by atoms with van der Waals surface area (Å²) < 4.78 is 2.26. The Bertz CT molecular complexity index is 1970. The largest absolute Gasteiger partial charge is 0.310 e. The molecule has 0 amide bonds. The van der Waals surface area contributed by atoms with E-state index >= 15 is 0 Å². The first-order valence-corrected chi connectivity index (χ1v) is 13.3. The molecular formula is C36H26N4. The summed E-state index contributed by atoms with van der Waals surface area (Å²) in [6, 6.07) is 46.3. The van der Waals surface area contributed by atoms with Crippen molar-refractivity contribution < 1.29 is 0 Å². The van der Waals surface area contributed by atoms with E-state index in [9.17, 15) is 0 Å². The molecule has 2 N–H and O–H groups in total. The average molecular weight is 515 g/mol. The van der Waals surface area contributed by atoms with E-state index in [4.69, 9.17) is 10.8 Å². The van der Waals surface area contributed by atoms with Crippen LogP contribution in [0.2, 0.25) is 0 Å². The number of nitrogens with zero attached hydrogens (tertiary/aromatic N) is 2. The second-order valence-corrected chi connectivity index (χ2v) is 9.87. The molecule has 0 saturated heterocycles. The van der Waals surface area contributed by atoms with E-state index in [1.165, 1.54) is 28.6 Å². The molecule has 1 heterocycles. The lowest BCUT2D eigenvalue weighted by Crippen LogP contribution is -2.09. The molecule has 6 aromatic carbocycles. The highest BCUT2D eigenvalue weighted by molar-refractivity contribution is 6.22. The molecule has 0 aliphatic heterocycles. The Morgan fingerprint density at radius 2 is 1.10 bits per heavy atom. The molecule has 4 nitrogen and oxygen atoms in total. The molecule has 0 bridgehead atoms. The monoisotopic (exact) mass is 514 g/mol.